The minimum Gasteiger partial charge on any atom is -0.379 e. The molecule has 1 heterocycles. The molecule has 0 aromatic rings. The number of allylic oxidation sites excluding steroid dienone is 1. The standard InChI is InChI=1S/C13H22N2O2/c14-12(16)13(17)8-9-15(10-13)11-6-4-2-1-3-5-7-11/h4,6,11,17H,1-3,5,7-10H2,(H2,14,16). The SMILES string of the molecule is NC(=O)C1(O)CCN(C2C=CCCCCC2)C1. The molecule has 2 rings (SSSR count). The molecule has 0 spiro atoms. The molecule has 2 aliphatic rings. The summed E-state index contributed by atoms with van der Waals surface area (Å²) in [6.07, 6.45) is 10.9. The van der Waals surface area contributed by atoms with E-state index in [-0.39, 0.29) is 0 Å². The van der Waals surface area contributed by atoms with E-state index in [2.05, 4.69) is 17.1 Å². The molecule has 2 unspecified atom stereocenters. The average molecular weight is 238 g/mol. The van der Waals surface area contributed by atoms with Crippen LogP contribution in [0.4, 0.5) is 0 Å². The quantitative estimate of drug-likeness (QED) is 0.699. The number of likely N-dealkylation sites (tertiary alicyclic amines) is 1. The van der Waals surface area contributed by atoms with E-state index >= 15 is 0 Å². The predicted molar refractivity (Wildman–Crippen MR) is 66.3 cm³/mol. The maximum atomic E-state index is 11.2. The van der Waals surface area contributed by atoms with E-state index in [0.717, 1.165) is 19.4 Å². The van der Waals surface area contributed by atoms with Gasteiger partial charge >= 0.3 is 0 Å². The fourth-order valence-corrected chi connectivity index (χ4v) is 2.75. The highest BCUT2D eigenvalue weighted by molar-refractivity contribution is 5.83. The highest BCUT2D eigenvalue weighted by Gasteiger charge is 2.42. The molecule has 2 atom stereocenters. The number of primary amides is 1. The summed E-state index contributed by atoms with van der Waals surface area (Å²) in [6, 6.07) is 0.365. The molecule has 1 fully saturated rings. The van der Waals surface area contributed by atoms with Crippen LogP contribution in [0.25, 0.3) is 0 Å². The Morgan fingerprint density at radius 1 is 1.41 bits per heavy atom. The van der Waals surface area contributed by atoms with Crippen molar-refractivity contribution in [3.8, 4) is 0 Å². The summed E-state index contributed by atoms with van der Waals surface area (Å²) in [5, 5.41) is 10.1. The molecule has 0 saturated carbocycles. The highest BCUT2D eigenvalue weighted by atomic mass is 16.3. The maximum Gasteiger partial charge on any atom is 0.250 e. The van der Waals surface area contributed by atoms with Crippen LogP contribution in [0, 0.1) is 0 Å². The topological polar surface area (TPSA) is 66.6 Å². The van der Waals surface area contributed by atoms with Crippen LogP contribution in [-0.4, -0.2) is 40.6 Å². The van der Waals surface area contributed by atoms with Crippen LogP contribution >= 0.6 is 0 Å². The normalized spacial score (nSPS) is 35.5. The van der Waals surface area contributed by atoms with Crippen molar-refractivity contribution in [1.29, 1.82) is 0 Å². The van der Waals surface area contributed by atoms with Crippen molar-refractivity contribution in [2.45, 2.75) is 50.2 Å². The summed E-state index contributed by atoms with van der Waals surface area (Å²) < 4.78 is 0. The zero-order chi connectivity index (χ0) is 12.3. The zero-order valence-corrected chi connectivity index (χ0v) is 10.3. The number of hydrogen-bond acceptors (Lipinski definition) is 3. The lowest BCUT2D eigenvalue weighted by atomic mass is 10.0. The molecule has 4 nitrogen and oxygen atoms in total. The highest BCUT2D eigenvalue weighted by Crippen LogP contribution is 2.26. The van der Waals surface area contributed by atoms with Gasteiger partial charge in [-0.1, -0.05) is 25.0 Å². The van der Waals surface area contributed by atoms with Gasteiger partial charge in [-0.05, 0) is 25.7 Å². The molecule has 1 saturated heterocycles. The molecule has 4 heteroatoms. The van der Waals surface area contributed by atoms with Crippen LogP contribution in [0.5, 0.6) is 0 Å². The van der Waals surface area contributed by atoms with Gasteiger partial charge in [0.1, 0.15) is 0 Å². The molecule has 0 bridgehead atoms. The molecule has 1 aliphatic heterocycles. The summed E-state index contributed by atoms with van der Waals surface area (Å²) in [6.45, 7) is 1.14. The molecule has 3 N–H and O–H groups in total. The van der Waals surface area contributed by atoms with Gasteiger partial charge in [-0.25, -0.2) is 0 Å². The third-order valence-electron chi connectivity index (χ3n) is 3.93. The van der Waals surface area contributed by atoms with Gasteiger partial charge in [-0.3, -0.25) is 9.69 Å². The summed E-state index contributed by atoms with van der Waals surface area (Å²) in [7, 11) is 0. The van der Waals surface area contributed by atoms with Crippen LogP contribution in [0.15, 0.2) is 12.2 Å². The van der Waals surface area contributed by atoms with Crippen molar-refractivity contribution in [3.63, 3.8) is 0 Å². The van der Waals surface area contributed by atoms with Gasteiger partial charge in [0, 0.05) is 19.1 Å². The Hall–Kier alpha value is -0.870. The van der Waals surface area contributed by atoms with E-state index in [1.807, 2.05) is 0 Å². The number of aliphatic hydroxyl groups is 1. The average Bonchev–Trinajstić information content (AvgIpc) is 2.62. The second-order valence-corrected chi connectivity index (χ2v) is 5.25. The molecule has 0 aromatic heterocycles. The van der Waals surface area contributed by atoms with E-state index < -0.39 is 11.5 Å². The van der Waals surface area contributed by atoms with Gasteiger partial charge in [-0.15, -0.1) is 0 Å². The van der Waals surface area contributed by atoms with Crippen LogP contribution in [0.1, 0.15) is 38.5 Å². The van der Waals surface area contributed by atoms with Gasteiger partial charge in [0.25, 0.3) is 5.91 Å². The first-order chi connectivity index (χ1) is 8.12. The largest absolute Gasteiger partial charge is 0.379 e. The first kappa shape index (κ1) is 12.6. The second-order valence-electron chi connectivity index (χ2n) is 5.25. The van der Waals surface area contributed by atoms with Crippen molar-refractivity contribution >= 4 is 5.91 Å². The number of rotatable bonds is 2. The number of amides is 1. The molecular formula is C13H22N2O2. The molecule has 1 amide bonds. The van der Waals surface area contributed by atoms with Crippen molar-refractivity contribution in [2.24, 2.45) is 5.73 Å². The number of carbonyl (C=O) groups excluding carboxylic acids is 1. The third kappa shape index (κ3) is 2.87. The lowest BCUT2D eigenvalue weighted by Crippen LogP contribution is -2.47. The Kier molecular flexibility index (Phi) is 3.84. The molecule has 0 radical (unpaired) electrons. The van der Waals surface area contributed by atoms with Crippen LogP contribution < -0.4 is 5.73 Å². The van der Waals surface area contributed by atoms with Crippen molar-refractivity contribution in [1.82, 2.24) is 4.90 Å². The van der Waals surface area contributed by atoms with Crippen LogP contribution in [0.2, 0.25) is 0 Å². The minimum atomic E-state index is -1.31. The van der Waals surface area contributed by atoms with Gasteiger partial charge in [0.05, 0.1) is 0 Å². The van der Waals surface area contributed by atoms with E-state index in [4.69, 9.17) is 5.73 Å². The number of carbonyl (C=O) groups is 1. The van der Waals surface area contributed by atoms with Crippen molar-refractivity contribution in [2.75, 3.05) is 13.1 Å². The number of β-amino-alcohol motifs (C(OH)–C–C–N with tert-alkyl or cyclic N) is 1. The maximum absolute atomic E-state index is 11.2. The van der Waals surface area contributed by atoms with E-state index in [1.165, 1.54) is 19.3 Å². The number of nitrogens with two attached hydrogens (primary N) is 1. The Labute approximate surface area is 102 Å². The Morgan fingerprint density at radius 2 is 2.24 bits per heavy atom. The Balaban J connectivity index is 1.99. The Morgan fingerprint density at radius 3 is 2.94 bits per heavy atom. The summed E-state index contributed by atoms with van der Waals surface area (Å²) >= 11 is 0. The van der Waals surface area contributed by atoms with Gasteiger partial charge < -0.3 is 10.8 Å². The molecular weight excluding hydrogens is 216 g/mol. The van der Waals surface area contributed by atoms with E-state index in [9.17, 15) is 9.90 Å². The smallest absolute Gasteiger partial charge is 0.250 e. The van der Waals surface area contributed by atoms with Crippen LogP contribution in [0.3, 0.4) is 0 Å². The fourth-order valence-electron chi connectivity index (χ4n) is 2.75. The third-order valence-corrected chi connectivity index (χ3v) is 3.93. The minimum absolute atomic E-state index is 0.365. The lowest BCUT2D eigenvalue weighted by molar-refractivity contribution is -0.135. The summed E-state index contributed by atoms with van der Waals surface area (Å²) in [5.74, 6) is -0.588. The van der Waals surface area contributed by atoms with Gasteiger partial charge in [-0.2, -0.15) is 0 Å². The summed E-state index contributed by atoms with van der Waals surface area (Å²) in [4.78, 5) is 13.4. The first-order valence-corrected chi connectivity index (χ1v) is 6.55. The van der Waals surface area contributed by atoms with E-state index in [0.29, 0.717) is 19.0 Å². The van der Waals surface area contributed by atoms with Crippen molar-refractivity contribution in [3.05, 3.63) is 12.2 Å². The van der Waals surface area contributed by atoms with Gasteiger partial charge in [0.2, 0.25) is 0 Å². The Bertz CT molecular complexity index is 317. The number of hydrogen-bond donors (Lipinski definition) is 2. The lowest BCUT2D eigenvalue weighted by Gasteiger charge is -2.27. The monoisotopic (exact) mass is 238 g/mol. The number of nitrogens with zero attached hydrogens (tertiary/aromatic N) is 1. The van der Waals surface area contributed by atoms with Gasteiger partial charge in [0.15, 0.2) is 5.60 Å². The molecule has 96 valence electrons. The molecule has 0 aromatic carbocycles. The van der Waals surface area contributed by atoms with E-state index in [1.54, 1.807) is 0 Å². The molecule has 17 heavy (non-hydrogen) atoms. The summed E-state index contributed by atoms with van der Waals surface area (Å²) in [5.41, 5.74) is 3.94. The first-order valence-electron chi connectivity index (χ1n) is 6.55. The predicted octanol–water partition coefficient (Wildman–Crippen LogP) is 0.797. The zero-order valence-electron chi connectivity index (χ0n) is 10.3. The fraction of sp³-hybridized carbons (Fsp3) is 0.769. The molecule has 1 aliphatic carbocycles. The van der Waals surface area contributed by atoms with Crippen LogP contribution in [-0.2, 0) is 4.79 Å². The second kappa shape index (κ2) is 5.19. The van der Waals surface area contributed by atoms with Crippen molar-refractivity contribution < 1.29 is 9.90 Å².